The predicted octanol–water partition coefficient (Wildman–Crippen LogP) is 4.46. The van der Waals surface area contributed by atoms with Gasteiger partial charge in [0.15, 0.2) is 5.13 Å². The van der Waals surface area contributed by atoms with Gasteiger partial charge in [0.05, 0.1) is 33.4 Å². The van der Waals surface area contributed by atoms with Crippen LogP contribution in [0.4, 0.5) is 10.8 Å². The number of morpholine rings is 1. The minimum Gasteiger partial charge on any atom is -0.421 e. The third-order valence-corrected chi connectivity index (χ3v) is 7.10. The summed E-state index contributed by atoms with van der Waals surface area (Å²) in [5.74, 6) is 0.605. The van der Waals surface area contributed by atoms with Gasteiger partial charge < -0.3 is 19.4 Å². The van der Waals surface area contributed by atoms with Crippen molar-refractivity contribution in [3.63, 3.8) is 0 Å². The first-order valence-corrected chi connectivity index (χ1v) is 11.2. The molecule has 5 rings (SSSR count). The van der Waals surface area contributed by atoms with Crippen molar-refractivity contribution in [2.45, 2.75) is 6.92 Å². The number of halogens is 1. The highest BCUT2D eigenvalue weighted by atomic mass is 35.5. The number of aryl methyl sites for hydroxylation is 1. The number of aromatic nitrogens is 3. The van der Waals surface area contributed by atoms with E-state index in [9.17, 15) is 4.79 Å². The molecule has 11 heteroatoms. The summed E-state index contributed by atoms with van der Waals surface area (Å²) in [6.07, 6.45) is 0. The van der Waals surface area contributed by atoms with E-state index in [1.165, 1.54) is 11.3 Å². The number of nitrogens with one attached hydrogen (secondary N) is 1. The zero-order chi connectivity index (χ0) is 20.7. The number of anilines is 2. The Morgan fingerprint density at radius 1 is 1.20 bits per heavy atom. The average molecular weight is 462 g/mol. The molecule has 0 atom stereocenters. The molecule has 0 aliphatic carbocycles. The number of benzene rings is 1. The van der Waals surface area contributed by atoms with Gasteiger partial charge in [0.1, 0.15) is 4.83 Å². The van der Waals surface area contributed by atoms with Crippen LogP contribution in [0.3, 0.4) is 0 Å². The Kier molecular flexibility index (Phi) is 5.15. The number of amides is 1. The highest BCUT2D eigenvalue weighted by molar-refractivity contribution is 7.29. The summed E-state index contributed by atoms with van der Waals surface area (Å²) in [7, 11) is 0. The number of nitrogens with zero attached hydrogens (tertiary/aromatic N) is 4. The van der Waals surface area contributed by atoms with E-state index in [4.69, 9.17) is 25.7 Å². The molecule has 3 aromatic heterocycles. The molecule has 8 nitrogen and oxygen atoms in total. The van der Waals surface area contributed by atoms with Crippen molar-refractivity contribution < 1.29 is 13.9 Å². The highest BCUT2D eigenvalue weighted by Crippen LogP contribution is 2.35. The molecule has 1 aliphatic rings. The fraction of sp³-hybridized carbons (Fsp3) is 0.263. The van der Waals surface area contributed by atoms with Gasteiger partial charge in [-0.15, -0.1) is 21.5 Å². The largest absolute Gasteiger partial charge is 0.421 e. The van der Waals surface area contributed by atoms with E-state index in [1.54, 1.807) is 36.5 Å². The molecule has 1 fully saturated rings. The first-order chi connectivity index (χ1) is 14.6. The summed E-state index contributed by atoms with van der Waals surface area (Å²) >= 11 is 9.32. The van der Waals surface area contributed by atoms with E-state index in [2.05, 4.69) is 20.4 Å². The third kappa shape index (κ3) is 3.79. The van der Waals surface area contributed by atoms with Crippen LogP contribution in [0, 0.1) is 6.92 Å². The second-order valence-electron chi connectivity index (χ2n) is 6.65. The Morgan fingerprint density at radius 2 is 2.03 bits per heavy atom. The Morgan fingerprint density at radius 3 is 2.73 bits per heavy atom. The summed E-state index contributed by atoms with van der Waals surface area (Å²) in [6, 6.07) is 7.05. The van der Waals surface area contributed by atoms with Gasteiger partial charge in [-0.2, -0.15) is 0 Å². The Balaban J connectivity index is 1.31. The van der Waals surface area contributed by atoms with Crippen LogP contribution in [0.2, 0.25) is 5.02 Å². The summed E-state index contributed by atoms with van der Waals surface area (Å²) in [6.45, 7) is 4.83. The van der Waals surface area contributed by atoms with E-state index in [0.29, 0.717) is 46.1 Å². The van der Waals surface area contributed by atoms with Crippen molar-refractivity contribution in [2.24, 2.45) is 0 Å². The molecule has 1 aliphatic heterocycles. The van der Waals surface area contributed by atoms with Crippen molar-refractivity contribution >= 4 is 60.5 Å². The van der Waals surface area contributed by atoms with Crippen molar-refractivity contribution in [1.82, 2.24) is 15.2 Å². The predicted molar refractivity (Wildman–Crippen MR) is 118 cm³/mol. The van der Waals surface area contributed by atoms with Crippen LogP contribution in [0.5, 0.6) is 0 Å². The number of thiophene rings is 1. The number of rotatable bonds is 4. The van der Waals surface area contributed by atoms with Crippen LogP contribution in [-0.4, -0.2) is 47.4 Å². The maximum absolute atomic E-state index is 12.7. The minimum atomic E-state index is -0.199. The van der Waals surface area contributed by atoms with E-state index < -0.39 is 0 Å². The molecular weight excluding hydrogens is 446 g/mol. The van der Waals surface area contributed by atoms with Crippen molar-refractivity contribution in [3.8, 4) is 11.5 Å². The number of hydrogen-bond acceptors (Lipinski definition) is 9. The molecule has 0 bridgehead atoms. The number of ether oxygens (including phenoxy) is 1. The van der Waals surface area contributed by atoms with E-state index in [1.807, 2.05) is 6.07 Å². The maximum Gasteiger partial charge on any atom is 0.265 e. The van der Waals surface area contributed by atoms with Gasteiger partial charge in [-0.25, -0.2) is 4.98 Å². The molecular formula is C19H16ClN5O3S2. The van der Waals surface area contributed by atoms with E-state index >= 15 is 0 Å². The highest BCUT2D eigenvalue weighted by Gasteiger charge is 2.19. The first kappa shape index (κ1) is 19.4. The zero-order valence-corrected chi connectivity index (χ0v) is 18.2. The van der Waals surface area contributed by atoms with Gasteiger partial charge in [0.2, 0.25) is 11.8 Å². The molecule has 0 radical (unpaired) electrons. The molecule has 4 heterocycles. The summed E-state index contributed by atoms with van der Waals surface area (Å²) in [5, 5.41) is 12.1. The molecule has 1 amide bonds. The Hall–Kier alpha value is -2.53. The lowest BCUT2D eigenvalue weighted by Crippen LogP contribution is -2.36. The topological polar surface area (TPSA) is 93.4 Å². The Bertz CT molecular complexity index is 1200. The summed E-state index contributed by atoms with van der Waals surface area (Å²) < 4.78 is 11.8. The van der Waals surface area contributed by atoms with Crippen LogP contribution in [0.15, 0.2) is 28.7 Å². The average Bonchev–Trinajstić information content (AvgIpc) is 3.43. The second-order valence-corrected chi connectivity index (χ2v) is 9.10. The monoisotopic (exact) mass is 461 g/mol. The fourth-order valence-electron chi connectivity index (χ4n) is 3.09. The van der Waals surface area contributed by atoms with Crippen LogP contribution < -0.4 is 10.2 Å². The molecule has 0 spiro atoms. The lowest BCUT2D eigenvalue weighted by atomic mass is 10.2. The standard InChI is InChI=1S/C19H16ClN5O3S2/c1-10-23-24-17(28-10)12-3-2-11(8-13(12)20)21-16(26)14-9-15-18(29-14)22-19(30-15)25-4-6-27-7-5-25/h2-3,8-9H,4-7H2,1H3,(H,21,26). The number of thiazole rings is 1. The van der Waals surface area contributed by atoms with Crippen LogP contribution in [-0.2, 0) is 4.74 Å². The van der Waals surface area contributed by atoms with E-state index in [-0.39, 0.29) is 5.91 Å². The molecule has 4 aromatic rings. The van der Waals surface area contributed by atoms with Gasteiger partial charge in [0.25, 0.3) is 5.91 Å². The number of carbonyl (C=O) groups excluding carboxylic acids is 1. The normalized spacial score (nSPS) is 14.4. The quantitative estimate of drug-likeness (QED) is 0.479. The van der Waals surface area contributed by atoms with Crippen LogP contribution in [0.25, 0.3) is 21.0 Å². The minimum absolute atomic E-state index is 0.199. The van der Waals surface area contributed by atoms with Crippen LogP contribution >= 0.6 is 34.3 Å². The first-order valence-electron chi connectivity index (χ1n) is 9.21. The fourth-order valence-corrected chi connectivity index (χ4v) is 5.51. The SMILES string of the molecule is Cc1nnc(-c2ccc(NC(=O)c3cc4sc(N5CCOCC5)nc4s3)cc2Cl)o1. The molecule has 1 saturated heterocycles. The van der Waals surface area contributed by atoms with Crippen LogP contribution in [0.1, 0.15) is 15.6 Å². The lowest BCUT2D eigenvalue weighted by Gasteiger charge is -2.25. The van der Waals surface area contributed by atoms with E-state index in [0.717, 1.165) is 27.8 Å². The molecule has 0 unspecified atom stereocenters. The molecule has 154 valence electrons. The van der Waals surface area contributed by atoms with Gasteiger partial charge in [0, 0.05) is 25.7 Å². The second kappa shape index (κ2) is 7.95. The smallest absolute Gasteiger partial charge is 0.265 e. The lowest BCUT2D eigenvalue weighted by molar-refractivity contribution is 0.103. The third-order valence-electron chi connectivity index (χ3n) is 4.57. The number of carbonyl (C=O) groups is 1. The van der Waals surface area contributed by atoms with Gasteiger partial charge in [-0.1, -0.05) is 22.9 Å². The van der Waals surface area contributed by atoms with Crippen molar-refractivity contribution in [1.29, 1.82) is 0 Å². The Labute approximate surface area is 184 Å². The zero-order valence-electron chi connectivity index (χ0n) is 15.8. The summed E-state index contributed by atoms with van der Waals surface area (Å²) in [4.78, 5) is 21.1. The summed E-state index contributed by atoms with van der Waals surface area (Å²) in [5.41, 5.74) is 1.20. The van der Waals surface area contributed by atoms with Gasteiger partial charge >= 0.3 is 0 Å². The molecule has 30 heavy (non-hydrogen) atoms. The van der Waals surface area contributed by atoms with Crippen molar-refractivity contribution in [2.75, 3.05) is 36.5 Å². The molecule has 0 saturated carbocycles. The number of hydrogen-bond donors (Lipinski definition) is 1. The molecule has 1 aromatic carbocycles. The number of fused-ring (bicyclic) bond motifs is 1. The van der Waals surface area contributed by atoms with Gasteiger partial charge in [-0.05, 0) is 24.3 Å². The van der Waals surface area contributed by atoms with Gasteiger partial charge in [-0.3, -0.25) is 4.79 Å². The maximum atomic E-state index is 12.7. The molecule has 1 N–H and O–H groups in total. The van der Waals surface area contributed by atoms with Crippen molar-refractivity contribution in [3.05, 3.63) is 40.1 Å².